The molecular formula is C32H38N6O3. The number of nitrogens with zero attached hydrogens (tertiary/aromatic N) is 4. The number of hydrogen-bond donors (Lipinski definition) is 3. The van der Waals surface area contributed by atoms with Crippen LogP contribution < -0.4 is 11.1 Å². The molecule has 0 aliphatic rings. The molecule has 0 saturated heterocycles. The van der Waals surface area contributed by atoms with Crippen LogP contribution in [0.5, 0.6) is 5.75 Å². The Balaban J connectivity index is 1.48. The summed E-state index contributed by atoms with van der Waals surface area (Å²) in [6, 6.07) is 18.0. The van der Waals surface area contributed by atoms with Gasteiger partial charge < -0.3 is 21.1 Å². The number of carbonyl (C=O) groups is 2. The van der Waals surface area contributed by atoms with Gasteiger partial charge in [-0.1, -0.05) is 45.0 Å². The standard InChI is InChI=1S/C32H38N6O3/c1-22(39)37(29(31(33)41)19-23-8-14-27(40)15-9-23)18-6-17-35-28-21-38(36-30(28)24-7-5-16-34-20-24)26-12-10-25(11-13-26)32(2,3)4/h5,7-16,20-21,29,35,40H,6,17-19H2,1-4H3,(H2,33,41)/t29-/m0/s1. The number of aromatic nitrogens is 3. The molecule has 0 aliphatic carbocycles. The largest absolute Gasteiger partial charge is 0.508 e. The summed E-state index contributed by atoms with van der Waals surface area (Å²) >= 11 is 0. The number of anilines is 1. The fourth-order valence-electron chi connectivity index (χ4n) is 4.69. The van der Waals surface area contributed by atoms with Crippen LogP contribution in [0, 0.1) is 0 Å². The number of phenols is 1. The van der Waals surface area contributed by atoms with E-state index >= 15 is 0 Å². The number of aromatic hydroxyl groups is 1. The van der Waals surface area contributed by atoms with Gasteiger partial charge in [0.2, 0.25) is 11.8 Å². The van der Waals surface area contributed by atoms with Crippen LogP contribution in [-0.4, -0.2) is 55.7 Å². The van der Waals surface area contributed by atoms with Gasteiger partial charge in [0.25, 0.3) is 0 Å². The third kappa shape index (κ3) is 7.51. The van der Waals surface area contributed by atoms with E-state index < -0.39 is 11.9 Å². The van der Waals surface area contributed by atoms with Gasteiger partial charge in [-0.25, -0.2) is 4.68 Å². The summed E-state index contributed by atoms with van der Waals surface area (Å²) in [7, 11) is 0. The maximum absolute atomic E-state index is 12.5. The van der Waals surface area contributed by atoms with E-state index in [4.69, 9.17) is 10.8 Å². The number of pyridine rings is 1. The zero-order valence-corrected chi connectivity index (χ0v) is 24.0. The highest BCUT2D eigenvalue weighted by atomic mass is 16.3. The second kappa shape index (κ2) is 12.7. The fourth-order valence-corrected chi connectivity index (χ4v) is 4.69. The Labute approximate surface area is 241 Å². The van der Waals surface area contributed by atoms with Crippen LogP contribution in [0.2, 0.25) is 0 Å². The lowest BCUT2D eigenvalue weighted by Crippen LogP contribution is -2.49. The molecule has 4 rings (SSSR count). The van der Waals surface area contributed by atoms with Gasteiger partial charge in [-0.15, -0.1) is 0 Å². The first-order valence-corrected chi connectivity index (χ1v) is 13.7. The number of nitrogens with two attached hydrogens (primary N) is 1. The highest BCUT2D eigenvalue weighted by Gasteiger charge is 2.26. The summed E-state index contributed by atoms with van der Waals surface area (Å²) in [5.41, 5.74) is 11.2. The Morgan fingerprint density at radius 1 is 1.07 bits per heavy atom. The summed E-state index contributed by atoms with van der Waals surface area (Å²) in [5, 5.41) is 17.9. The number of nitrogens with one attached hydrogen (secondary N) is 1. The molecule has 214 valence electrons. The minimum atomic E-state index is -0.790. The molecule has 4 N–H and O–H groups in total. The lowest BCUT2D eigenvalue weighted by molar-refractivity contribution is -0.137. The predicted octanol–water partition coefficient (Wildman–Crippen LogP) is 4.68. The number of hydrogen-bond acceptors (Lipinski definition) is 6. The van der Waals surface area contributed by atoms with Crippen LogP contribution >= 0.6 is 0 Å². The van der Waals surface area contributed by atoms with Gasteiger partial charge in [-0.3, -0.25) is 14.6 Å². The summed E-state index contributed by atoms with van der Waals surface area (Å²) in [6.07, 6.45) is 6.31. The van der Waals surface area contributed by atoms with Crippen molar-refractivity contribution in [2.75, 3.05) is 18.4 Å². The Morgan fingerprint density at radius 2 is 1.78 bits per heavy atom. The average molecular weight is 555 g/mol. The molecule has 0 bridgehead atoms. The van der Waals surface area contributed by atoms with Gasteiger partial charge >= 0.3 is 0 Å². The van der Waals surface area contributed by atoms with Crippen molar-refractivity contribution >= 4 is 17.5 Å². The minimum Gasteiger partial charge on any atom is -0.508 e. The van der Waals surface area contributed by atoms with Crippen molar-refractivity contribution in [1.82, 2.24) is 19.7 Å². The topological polar surface area (TPSA) is 126 Å². The third-order valence-corrected chi connectivity index (χ3v) is 7.01. The summed E-state index contributed by atoms with van der Waals surface area (Å²) in [4.78, 5) is 30.6. The molecule has 1 atom stereocenters. The lowest BCUT2D eigenvalue weighted by atomic mass is 9.87. The normalized spacial score (nSPS) is 12.1. The molecule has 9 nitrogen and oxygen atoms in total. The number of rotatable bonds is 11. The molecule has 2 aromatic heterocycles. The number of carbonyl (C=O) groups excluding carboxylic acids is 2. The summed E-state index contributed by atoms with van der Waals surface area (Å²) < 4.78 is 1.85. The predicted molar refractivity (Wildman–Crippen MR) is 161 cm³/mol. The van der Waals surface area contributed by atoms with Crippen molar-refractivity contribution in [3.05, 3.63) is 90.4 Å². The van der Waals surface area contributed by atoms with E-state index in [1.54, 1.807) is 36.7 Å². The van der Waals surface area contributed by atoms with Gasteiger partial charge in [-0.05, 0) is 59.4 Å². The Hall–Kier alpha value is -4.66. The Kier molecular flexibility index (Phi) is 9.07. The number of benzene rings is 2. The van der Waals surface area contributed by atoms with Crippen LogP contribution in [0.25, 0.3) is 16.9 Å². The molecule has 41 heavy (non-hydrogen) atoms. The van der Waals surface area contributed by atoms with E-state index in [1.165, 1.54) is 17.4 Å². The van der Waals surface area contributed by atoms with Crippen molar-refractivity contribution in [2.45, 2.75) is 52.0 Å². The molecule has 9 heteroatoms. The van der Waals surface area contributed by atoms with E-state index in [1.807, 2.05) is 23.0 Å². The smallest absolute Gasteiger partial charge is 0.240 e. The quantitative estimate of drug-likeness (QED) is 0.231. The highest BCUT2D eigenvalue weighted by molar-refractivity contribution is 5.86. The monoisotopic (exact) mass is 554 g/mol. The molecule has 0 radical (unpaired) electrons. The molecule has 0 saturated carbocycles. The van der Waals surface area contributed by atoms with Crippen LogP contribution in [0.4, 0.5) is 5.69 Å². The van der Waals surface area contributed by atoms with Crippen molar-refractivity contribution in [2.24, 2.45) is 5.73 Å². The molecule has 0 spiro atoms. The lowest BCUT2D eigenvalue weighted by Gasteiger charge is -2.29. The molecular weight excluding hydrogens is 516 g/mol. The van der Waals surface area contributed by atoms with Gasteiger partial charge in [0.15, 0.2) is 0 Å². The van der Waals surface area contributed by atoms with E-state index in [-0.39, 0.29) is 23.5 Å². The molecule has 0 unspecified atom stereocenters. The number of amides is 2. The summed E-state index contributed by atoms with van der Waals surface area (Å²) in [5.74, 6) is -0.663. The second-order valence-electron chi connectivity index (χ2n) is 11.2. The molecule has 2 heterocycles. The maximum atomic E-state index is 12.5. The van der Waals surface area contributed by atoms with E-state index in [2.05, 4.69) is 55.3 Å². The third-order valence-electron chi connectivity index (χ3n) is 7.01. The zero-order valence-electron chi connectivity index (χ0n) is 24.0. The molecule has 2 amide bonds. The van der Waals surface area contributed by atoms with Crippen molar-refractivity contribution in [3.8, 4) is 22.7 Å². The van der Waals surface area contributed by atoms with E-state index in [0.29, 0.717) is 19.5 Å². The van der Waals surface area contributed by atoms with Crippen LogP contribution in [0.15, 0.2) is 79.3 Å². The van der Waals surface area contributed by atoms with Crippen LogP contribution in [0.1, 0.15) is 45.2 Å². The van der Waals surface area contributed by atoms with Crippen LogP contribution in [-0.2, 0) is 21.4 Å². The first kappa shape index (κ1) is 29.3. The van der Waals surface area contributed by atoms with E-state index in [9.17, 15) is 14.7 Å². The van der Waals surface area contributed by atoms with Crippen molar-refractivity contribution in [3.63, 3.8) is 0 Å². The SMILES string of the molecule is CC(=O)N(CCCNc1cn(-c2ccc(C(C)(C)C)cc2)nc1-c1cccnc1)[C@@H](Cc1ccc(O)cc1)C(N)=O. The minimum absolute atomic E-state index is 0.0571. The maximum Gasteiger partial charge on any atom is 0.240 e. The zero-order chi connectivity index (χ0) is 29.6. The number of phenolic OH excluding ortho intramolecular Hbond substituents is 1. The van der Waals surface area contributed by atoms with Gasteiger partial charge in [0, 0.05) is 44.4 Å². The van der Waals surface area contributed by atoms with Gasteiger partial charge in [0.05, 0.1) is 17.6 Å². The first-order valence-electron chi connectivity index (χ1n) is 13.7. The Bertz CT molecular complexity index is 1460. The number of primary amides is 1. The van der Waals surface area contributed by atoms with Crippen molar-refractivity contribution < 1.29 is 14.7 Å². The fraction of sp³-hybridized carbons (Fsp3) is 0.312. The van der Waals surface area contributed by atoms with Gasteiger partial charge in [0.1, 0.15) is 17.5 Å². The van der Waals surface area contributed by atoms with E-state index in [0.717, 1.165) is 28.2 Å². The van der Waals surface area contributed by atoms with Crippen LogP contribution in [0.3, 0.4) is 0 Å². The molecule has 0 fully saturated rings. The Morgan fingerprint density at radius 3 is 2.37 bits per heavy atom. The van der Waals surface area contributed by atoms with Gasteiger partial charge in [-0.2, -0.15) is 5.10 Å². The van der Waals surface area contributed by atoms with Crippen molar-refractivity contribution in [1.29, 1.82) is 0 Å². The summed E-state index contributed by atoms with van der Waals surface area (Å²) in [6.45, 7) is 8.88. The molecule has 0 aliphatic heterocycles. The molecule has 2 aromatic carbocycles. The first-order chi connectivity index (χ1) is 19.5. The second-order valence-corrected chi connectivity index (χ2v) is 11.2. The highest BCUT2D eigenvalue weighted by Crippen LogP contribution is 2.29. The average Bonchev–Trinajstić information content (AvgIpc) is 3.37. The molecule has 4 aromatic rings.